The summed E-state index contributed by atoms with van der Waals surface area (Å²) < 4.78 is 0. The van der Waals surface area contributed by atoms with Crippen molar-refractivity contribution in [3.05, 3.63) is 18.0 Å². The van der Waals surface area contributed by atoms with Gasteiger partial charge < -0.3 is 21.7 Å². The van der Waals surface area contributed by atoms with Crippen LogP contribution in [0.5, 0.6) is 0 Å². The van der Waals surface area contributed by atoms with Crippen molar-refractivity contribution < 1.29 is 0 Å². The van der Waals surface area contributed by atoms with Crippen LogP contribution in [0, 0.1) is 0 Å². The maximum absolute atomic E-state index is 5.52. The van der Waals surface area contributed by atoms with Gasteiger partial charge in [-0.2, -0.15) is 0 Å². The van der Waals surface area contributed by atoms with E-state index in [0.717, 1.165) is 37.7 Å². The number of hydrogen-bond donors (Lipinski definition) is 3. The van der Waals surface area contributed by atoms with Gasteiger partial charge >= 0.3 is 0 Å². The lowest BCUT2D eigenvalue weighted by Gasteiger charge is -2.27. The molecule has 0 radical (unpaired) electrons. The second kappa shape index (κ2) is 4.52. The van der Waals surface area contributed by atoms with Gasteiger partial charge in [0.2, 0.25) is 5.95 Å². The topological polar surface area (TPSA) is 93.1 Å². The fourth-order valence-corrected chi connectivity index (χ4v) is 1.53. The Hall–Kier alpha value is -1.24. The summed E-state index contributed by atoms with van der Waals surface area (Å²) in [5.41, 5.74) is 11.8. The number of nitrogens with zero attached hydrogens (tertiary/aromatic N) is 3. The van der Waals surface area contributed by atoms with E-state index in [1.165, 1.54) is 0 Å². The first kappa shape index (κ1) is 10.3. The molecule has 0 spiro atoms. The monoisotopic (exact) mass is 208 g/mol. The van der Waals surface area contributed by atoms with Crippen molar-refractivity contribution in [3.63, 3.8) is 0 Å². The van der Waals surface area contributed by atoms with Gasteiger partial charge in [-0.25, -0.2) is 9.97 Å². The molecule has 0 unspecified atom stereocenters. The highest BCUT2D eigenvalue weighted by molar-refractivity contribution is 5.31. The molecule has 1 aromatic rings. The molecule has 0 aliphatic carbocycles. The quantitative estimate of drug-likeness (QED) is 0.529. The minimum atomic E-state index is -0.498. The first-order chi connectivity index (χ1) is 7.27. The average Bonchev–Trinajstić information content (AvgIpc) is 2.30. The molecule has 1 saturated heterocycles. The SMILES string of the molecule is NC(N)c1cnc(N2CCNCC2)nc1. The molecular formula is C9H16N6. The van der Waals surface area contributed by atoms with Crippen molar-refractivity contribution in [1.29, 1.82) is 0 Å². The number of aromatic nitrogens is 2. The molecule has 6 nitrogen and oxygen atoms in total. The number of piperazine rings is 1. The van der Waals surface area contributed by atoms with Gasteiger partial charge in [0.25, 0.3) is 0 Å². The molecule has 0 aromatic carbocycles. The third-order valence-electron chi connectivity index (χ3n) is 2.44. The first-order valence-electron chi connectivity index (χ1n) is 5.06. The molecule has 0 atom stereocenters. The normalized spacial score (nSPS) is 17.1. The molecule has 15 heavy (non-hydrogen) atoms. The molecule has 1 fully saturated rings. The molecular weight excluding hydrogens is 192 g/mol. The molecule has 2 heterocycles. The number of rotatable bonds is 2. The van der Waals surface area contributed by atoms with Gasteiger partial charge in [0.1, 0.15) is 0 Å². The van der Waals surface area contributed by atoms with Gasteiger partial charge in [0.15, 0.2) is 0 Å². The van der Waals surface area contributed by atoms with Gasteiger partial charge in [-0.15, -0.1) is 0 Å². The summed E-state index contributed by atoms with van der Waals surface area (Å²) in [7, 11) is 0. The van der Waals surface area contributed by atoms with E-state index >= 15 is 0 Å². The maximum Gasteiger partial charge on any atom is 0.225 e. The van der Waals surface area contributed by atoms with E-state index in [4.69, 9.17) is 11.5 Å². The smallest absolute Gasteiger partial charge is 0.225 e. The molecule has 82 valence electrons. The van der Waals surface area contributed by atoms with Crippen molar-refractivity contribution >= 4 is 5.95 Å². The van der Waals surface area contributed by atoms with Crippen molar-refractivity contribution in [1.82, 2.24) is 15.3 Å². The largest absolute Gasteiger partial charge is 0.338 e. The molecule has 6 heteroatoms. The summed E-state index contributed by atoms with van der Waals surface area (Å²) in [5.74, 6) is 0.751. The lowest BCUT2D eigenvalue weighted by molar-refractivity contribution is 0.579. The predicted molar refractivity (Wildman–Crippen MR) is 58.2 cm³/mol. The maximum atomic E-state index is 5.52. The Bertz CT molecular complexity index is 303. The predicted octanol–water partition coefficient (Wildman–Crippen LogP) is -1.20. The highest BCUT2D eigenvalue weighted by atomic mass is 15.3. The molecule has 1 aliphatic rings. The van der Waals surface area contributed by atoms with E-state index in [0.29, 0.717) is 0 Å². The molecule has 1 aliphatic heterocycles. The van der Waals surface area contributed by atoms with E-state index in [1.54, 1.807) is 12.4 Å². The fourth-order valence-electron chi connectivity index (χ4n) is 1.53. The zero-order valence-corrected chi connectivity index (χ0v) is 8.56. The van der Waals surface area contributed by atoms with E-state index in [1.807, 2.05) is 0 Å². The van der Waals surface area contributed by atoms with Gasteiger partial charge in [-0.05, 0) is 0 Å². The van der Waals surface area contributed by atoms with Crippen LogP contribution in [0.2, 0.25) is 0 Å². The summed E-state index contributed by atoms with van der Waals surface area (Å²) in [6, 6.07) is 0. The Labute approximate surface area is 88.7 Å². The molecule has 0 bridgehead atoms. The Morgan fingerprint density at radius 3 is 2.33 bits per heavy atom. The second-order valence-corrected chi connectivity index (χ2v) is 3.58. The summed E-state index contributed by atoms with van der Waals surface area (Å²) in [4.78, 5) is 10.6. The van der Waals surface area contributed by atoms with Crippen LogP contribution >= 0.6 is 0 Å². The van der Waals surface area contributed by atoms with Crippen LogP contribution in [0.25, 0.3) is 0 Å². The molecule has 1 aromatic heterocycles. The average molecular weight is 208 g/mol. The molecule has 0 amide bonds. The Morgan fingerprint density at radius 2 is 1.80 bits per heavy atom. The third kappa shape index (κ3) is 2.41. The zero-order valence-electron chi connectivity index (χ0n) is 8.56. The van der Waals surface area contributed by atoms with Crippen molar-refractivity contribution in [2.75, 3.05) is 31.1 Å². The van der Waals surface area contributed by atoms with Crippen molar-refractivity contribution in [3.8, 4) is 0 Å². The number of nitrogens with two attached hydrogens (primary N) is 2. The van der Waals surface area contributed by atoms with Crippen LogP contribution in [-0.4, -0.2) is 36.1 Å². The lowest BCUT2D eigenvalue weighted by atomic mass is 10.3. The van der Waals surface area contributed by atoms with Gasteiger partial charge in [0.05, 0.1) is 6.17 Å². The van der Waals surface area contributed by atoms with Gasteiger partial charge in [0, 0.05) is 44.1 Å². The second-order valence-electron chi connectivity index (χ2n) is 3.58. The standard InChI is InChI=1S/C9H16N6/c10-8(11)7-5-13-9(14-6-7)15-3-1-12-2-4-15/h5-6,8,12H,1-4,10-11H2. The Kier molecular flexibility index (Phi) is 3.10. The van der Waals surface area contributed by atoms with Crippen molar-refractivity contribution in [2.45, 2.75) is 6.17 Å². The summed E-state index contributed by atoms with van der Waals surface area (Å²) in [5, 5.41) is 3.28. The van der Waals surface area contributed by atoms with E-state index in [-0.39, 0.29) is 0 Å². The van der Waals surface area contributed by atoms with Gasteiger partial charge in [-0.3, -0.25) is 0 Å². The third-order valence-corrected chi connectivity index (χ3v) is 2.44. The number of anilines is 1. The molecule has 0 saturated carbocycles. The fraction of sp³-hybridized carbons (Fsp3) is 0.556. The Morgan fingerprint density at radius 1 is 1.20 bits per heavy atom. The summed E-state index contributed by atoms with van der Waals surface area (Å²) in [6.07, 6.45) is 2.88. The van der Waals surface area contributed by atoms with E-state index < -0.39 is 6.17 Å². The first-order valence-corrected chi connectivity index (χ1v) is 5.06. The number of nitrogens with one attached hydrogen (secondary N) is 1. The van der Waals surface area contributed by atoms with Crippen LogP contribution in [0.4, 0.5) is 5.95 Å². The van der Waals surface area contributed by atoms with E-state index in [9.17, 15) is 0 Å². The zero-order chi connectivity index (χ0) is 10.7. The van der Waals surface area contributed by atoms with E-state index in [2.05, 4.69) is 20.2 Å². The van der Waals surface area contributed by atoms with Crippen LogP contribution < -0.4 is 21.7 Å². The minimum absolute atomic E-state index is 0.498. The van der Waals surface area contributed by atoms with Crippen LogP contribution in [0.1, 0.15) is 11.7 Å². The highest BCUT2D eigenvalue weighted by Crippen LogP contribution is 2.09. The van der Waals surface area contributed by atoms with Crippen LogP contribution in [0.3, 0.4) is 0 Å². The summed E-state index contributed by atoms with van der Waals surface area (Å²) in [6.45, 7) is 3.82. The van der Waals surface area contributed by atoms with Crippen LogP contribution in [-0.2, 0) is 0 Å². The number of hydrogen-bond acceptors (Lipinski definition) is 6. The summed E-state index contributed by atoms with van der Waals surface area (Å²) >= 11 is 0. The lowest BCUT2D eigenvalue weighted by Crippen LogP contribution is -2.44. The molecule has 5 N–H and O–H groups in total. The van der Waals surface area contributed by atoms with Gasteiger partial charge in [-0.1, -0.05) is 0 Å². The Balaban J connectivity index is 2.08. The molecule has 2 rings (SSSR count). The highest BCUT2D eigenvalue weighted by Gasteiger charge is 2.12. The minimum Gasteiger partial charge on any atom is -0.338 e. The van der Waals surface area contributed by atoms with Crippen molar-refractivity contribution in [2.24, 2.45) is 11.5 Å². The van der Waals surface area contributed by atoms with Crippen LogP contribution in [0.15, 0.2) is 12.4 Å².